The highest BCUT2D eigenvalue weighted by Gasteiger charge is 2.65. The summed E-state index contributed by atoms with van der Waals surface area (Å²) in [7, 11) is 0. The maximum Gasteiger partial charge on any atom is 0.135 e. The highest BCUT2D eigenvalue weighted by atomic mass is 19.1. The number of nitrogens with zero attached hydrogens (tertiary/aromatic N) is 6. The van der Waals surface area contributed by atoms with Gasteiger partial charge in [-0.1, -0.05) is 19.9 Å². The molecule has 10 heteroatoms. The molecule has 2 aliphatic carbocycles. The second-order valence-corrected chi connectivity index (χ2v) is 10.4. The minimum Gasteiger partial charge on any atom is -0.394 e. The van der Waals surface area contributed by atoms with Crippen molar-refractivity contribution in [3.63, 3.8) is 0 Å². The number of fused-ring (bicyclic) bond motifs is 5. The first kappa shape index (κ1) is 23.7. The third-order valence-corrected chi connectivity index (χ3v) is 8.21. The molecule has 2 aliphatic rings. The van der Waals surface area contributed by atoms with E-state index in [1.807, 2.05) is 0 Å². The molecule has 190 valence electrons. The summed E-state index contributed by atoms with van der Waals surface area (Å²) in [6.07, 6.45) is 7.61. The van der Waals surface area contributed by atoms with Crippen LogP contribution in [0.1, 0.15) is 49.6 Å². The van der Waals surface area contributed by atoms with Crippen molar-refractivity contribution < 1.29 is 19.0 Å². The molecule has 1 unspecified atom stereocenters. The van der Waals surface area contributed by atoms with Crippen LogP contribution in [0.4, 0.5) is 8.78 Å². The van der Waals surface area contributed by atoms with Crippen molar-refractivity contribution in [2.45, 2.75) is 50.7 Å². The minimum absolute atomic E-state index is 0.125. The molecule has 2 bridgehead atoms. The SMILES string of the molecule is CC1(C)[C@H]2CC[C@]1(c1cncc(-c3cnn(CC(O)CO)c3)n1)c1nnc(-c3c(F)cccc3F)cc12. The number of aromatic nitrogens is 6. The van der Waals surface area contributed by atoms with Crippen LogP contribution in [0.5, 0.6) is 0 Å². The van der Waals surface area contributed by atoms with Crippen LogP contribution in [-0.2, 0) is 12.0 Å². The maximum atomic E-state index is 14.5. The average molecular weight is 505 g/mol. The fourth-order valence-corrected chi connectivity index (χ4v) is 6.34. The van der Waals surface area contributed by atoms with E-state index in [9.17, 15) is 13.9 Å². The van der Waals surface area contributed by atoms with Crippen molar-refractivity contribution in [3.05, 3.63) is 77.6 Å². The normalized spacial score (nSPS) is 22.3. The van der Waals surface area contributed by atoms with Gasteiger partial charge in [0.2, 0.25) is 0 Å². The van der Waals surface area contributed by atoms with Gasteiger partial charge in [0.15, 0.2) is 0 Å². The molecule has 2 N–H and O–H groups in total. The Kier molecular flexibility index (Phi) is 5.43. The summed E-state index contributed by atoms with van der Waals surface area (Å²) in [5.74, 6) is -1.21. The largest absolute Gasteiger partial charge is 0.394 e. The van der Waals surface area contributed by atoms with Crippen molar-refractivity contribution in [1.82, 2.24) is 29.9 Å². The summed E-state index contributed by atoms with van der Waals surface area (Å²) in [6.45, 7) is 4.17. The summed E-state index contributed by atoms with van der Waals surface area (Å²) in [5.41, 5.74) is 3.03. The van der Waals surface area contributed by atoms with E-state index >= 15 is 0 Å². The highest BCUT2D eigenvalue weighted by Crippen LogP contribution is 2.69. The summed E-state index contributed by atoms with van der Waals surface area (Å²) in [5, 5.41) is 32.0. The van der Waals surface area contributed by atoms with Crippen molar-refractivity contribution >= 4 is 0 Å². The summed E-state index contributed by atoms with van der Waals surface area (Å²) in [6, 6.07) is 5.56. The van der Waals surface area contributed by atoms with Gasteiger partial charge in [0.1, 0.15) is 11.6 Å². The number of benzene rings is 1. The lowest BCUT2D eigenvalue weighted by atomic mass is 9.66. The predicted octanol–water partition coefficient (Wildman–Crippen LogP) is 3.63. The number of aliphatic hydroxyl groups excluding tert-OH is 2. The number of halogens is 2. The predicted molar refractivity (Wildman–Crippen MR) is 130 cm³/mol. The fourth-order valence-electron chi connectivity index (χ4n) is 6.34. The van der Waals surface area contributed by atoms with Crippen LogP contribution in [0.25, 0.3) is 22.5 Å². The molecule has 0 radical (unpaired) electrons. The van der Waals surface area contributed by atoms with Gasteiger partial charge in [-0.3, -0.25) is 9.67 Å². The van der Waals surface area contributed by atoms with E-state index in [4.69, 9.17) is 10.1 Å². The molecule has 6 rings (SSSR count). The molecular weight excluding hydrogens is 478 g/mol. The van der Waals surface area contributed by atoms with Gasteiger partial charge in [0, 0.05) is 18.0 Å². The van der Waals surface area contributed by atoms with E-state index in [2.05, 4.69) is 34.1 Å². The second kappa shape index (κ2) is 8.46. The molecule has 0 spiro atoms. The lowest BCUT2D eigenvalue weighted by molar-refractivity contribution is 0.0783. The van der Waals surface area contributed by atoms with Gasteiger partial charge in [-0.15, -0.1) is 5.10 Å². The Morgan fingerprint density at radius 2 is 1.89 bits per heavy atom. The summed E-state index contributed by atoms with van der Waals surface area (Å²) in [4.78, 5) is 9.49. The molecule has 3 atom stereocenters. The Hall–Kier alpha value is -3.63. The van der Waals surface area contributed by atoms with E-state index in [0.29, 0.717) is 5.69 Å². The standard InChI is InChI=1S/C27H26F2N6O2/c1-26(2)18-6-7-27(26,25-17(18)8-21(33-34-25)24-19(28)4-3-5-20(24)29)23-11-30-10-22(32-23)15-9-31-35(12-15)13-16(37)14-36/h3-5,8-12,16,18,36-37H,6-7,13-14H2,1-2H3/t16?,18-,27-/m0/s1. The number of hydrogen-bond donors (Lipinski definition) is 2. The van der Waals surface area contributed by atoms with Gasteiger partial charge in [-0.2, -0.15) is 10.2 Å². The number of rotatable bonds is 6. The van der Waals surface area contributed by atoms with Gasteiger partial charge < -0.3 is 10.2 Å². The van der Waals surface area contributed by atoms with E-state index in [1.165, 1.54) is 18.2 Å². The van der Waals surface area contributed by atoms with Crippen LogP contribution in [0.2, 0.25) is 0 Å². The Balaban J connectivity index is 1.43. The second-order valence-electron chi connectivity index (χ2n) is 10.4. The average Bonchev–Trinajstić information content (AvgIpc) is 3.51. The molecule has 37 heavy (non-hydrogen) atoms. The quantitative estimate of drug-likeness (QED) is 0.413. The first-order valence-electron chi connectivity index (χ1n) is 12.2. The van der Waals surface area contributed by atoms with Crippen molar-refractivity contribution in [2.24, 2.45) is 5.41 Å². The molecule has 0 amide bonds. The molecule has 3 heterocycles. The molecule has 1 saturated carbocycles. The van der Waals surface area contributed by atoms with Gasteiger partial charge in [-0.25, -0.2) is 13.8 Å². The van der Waals surface area contributed by atoms with Crippen LogP contribution >= 0.6 is 0 Å². The molecule has 1 aromatic carbocycles. The van der Waals surface area contributed by atoms with Crippen LogP contribution in [0.15, 0.2) is 49.1 Å². The van der Waals surface area contributed by atoms with Crippen molar-refractivity contribution in [2.75, 3.05) is 6.61 Å². The summed E-state index contributed by atoms with van der Waals surface area (Å²) < 4.78 is 30.6. The van der Waals surface area contributed by atoms with Gasteiger partial charge in [-0.05, 0) is 47.9 Å². The summed E-state index contributed by atoms with van der Waals surface area (Å²) >= 11 is 0. The molecule has 0 aliphatic heterocycles. The van der Waals surface area contributed by atoms with Crippen molar-refractivity contribution in [3.8, 4) is 22.5 Å². The molecular formula is C27H26F2N6O2. The molecule has 4 aromatic rings. The van der Waals surface area contributed by atoms with E-state index < -0.39 is 23.2 Å². The van der Waals surface area contributed by atoms with E-state index in [1.54, 1.807) is 35.5 Å². The minimum atomic E-state index is -0.906. The smallest absolute Gasteiger partial charge is 0.135 e. The zero-order valence-corrected chi connectivity index (χ0v) is 20.4. The van der Waals surface area contributed by atoms with Crippen molar-refractivity contribution in [1.29, 1.82) is 0 Å². The first-order chi connectivity index (χ1) is 17.8. The lowest BCUT2D eigenvalue weighted by Gasteiger charge is -2.37. The van der Waals surface area contributed by atoms with Crippen LogP contribution < -0.4 is 0 Å². The number of aliphatic hydroxyl groups is 2. The Morgan fingerprint density at radius 3 is 2.65 bits per heavy atom. The third kappa shape index (κ3) is 3.42. The maximum absolute atomic E-state index is 14.5. The molecule has 1 fully saturated rings. The van der Waals surface area contributed by atoms with Crippen LogP contribution in [0, 0.1) is 17.0 Å². The van der Waals surface area contributed by atoms with Crippen LogP contribution in [-0.4, -0.2) is 52.9 Å². The Labute approximate surface area is 212 Å². The zero-order valence-electron chi connectivity index (χ0n) is 20.4. The Bertz CT molecular complexity index is 1490. The lowest BCUT2D eigenvalue weighted by Crippen LogP contribution is -2.38. The molecule has 3 aromatic heterocycles. The fraction of sp³-hybridized carbons (Fsp3) is 0.370. The number of hydrogen-bond acceptors (Lipinski definition) is 7. The molecule has 8 nitrogen and oxygen atoms in total. The van der Waals surface area contributed by atoms with E-state index in [0.717, 1.165) is 35.4 Å². The highest BCUT2D eigenvalue weighted by molar-refractivity contribution is 5.64. The zero-order chi connectivity index (χ0) is 25.9. The first-order valence-corrected chi connectivity index (χ1v) is 12.2. The Morgan fingerprint density at radius 1 is 1.11 bits per heavy atom. The van der Waals surface area contributed by atoms with E-state index in [-0.39, 0.29) is 35.7 Å². The van der Waals surface area contributed by atoms with Gasteiger partial charge in [0.05, 0.1) is 65.4 Å². The van der Waals surface area contributed by atoms with Gasteiger partial charge >= 0.3 is 0 Å². The molecule has 0 saturated heterocycles. The van der Waals surface area contributed by atoms with Gasteiger partial charge in [0.25, 0.3) is 0 Å². The topological polar surface area (TPSA) is 110 Å². The third-order valence-electron chi connectivity index (χ3n) is 8.21. The monoisotopic (exact) mass is 504 g/mol. The van der Waals surface area contributed by atoms with Crippen LogP contribution in [0.3, 0.4) is 0 Å².